The Morgan fingerprint density at radius 1 is 1.21 bits per heavy atom. The van der Waals surface area contributed by atoms with Crippen molar-refractivity contribution in [3.8, 4) is 5.13 Å². The smallest absolute Gasteiger partial charge is 0.251 e. The zero-order valence-electron chi connectivity index (χ0n) is 14.5. The fourth-order valence-electron chi connectivity index (χ4n) is 2.61. The van der Waals surface area contributed by atoms with E-state index in [1.807, 2.05) is 37.2 Å². The number of amides is 1. The second-order valence-electron chi connectivity index (χ2n) is 6.19. The lowest BCUT2D eigenvalue weighted by molar-refractivity contribution is 0.0951. The Morgan fingerprint density at radius 2 is 1.92 bits per heavy atom. The third-order valence-corrected chi connectivity index (χ3v) is 4.95. The highest BCUT2D eigenvalue weighted by atomic mass is 32.1. The number of aromatic nitrogens is 2. The molecule has 0 unspecified atom stereocenters. The fourth-order valence-corrected chi connectivity index (χ4v) is 3.74. The van der Waals surface area contributed by atoms with Crippen molar-refractivity contribution in [2.24, 2.45) is 0 Å². The van der Waals surface area contributed by atoms with E-state index in [0.29, 0.717) is 12.1 Å². The molecule has 6 heteroatoms. The maximum absolute atomic E-state index is 12.3. The van der Waals surface area contributed by atoms with Crippen LogP contribution in [-0.2, 0) is 0 Å². The predicted molar refractivity (Wildman–Crippen MR) is 99.3 cm³/mol. The van der Waals surface area contributed by atoms with Gasteiger partial charge in [0.15, 0.2) is 5.13 Å². The first-order valence-electron chi connectivity index (χ1n) is 7.94. The quantitative estimate of drug-likeness (QED) is 0.775. The van der Waals surface area contributed by atoms with Gasteiger partial charge in [0.05, 0.1) is 10.2 Å². The molecule has 1 amide bonds. The summed E-state index contributed by atoms with van der Waals surface area (Å²) in [5.74, 6) is -0.0398. The van der Waals surface area contributed by atoms with E-state index in [9.17, 15) is 4.79 Å². The molecule has 0 fully saturated rings. The van der Waals surface area contributed by atoms with Gasteiger partial charge in [0, 0.05) is 30.0 Å². The van der Waals surface area contributed by atoms with Crippen LogP contribution < -0.4 is 5.32 Å². The zero-order valence-corrected chi connectivity index (χ0v) is 15.3. The topological polar surface area (TPSA) is 50.2 Å². The second kappa shape index (κ2) is 6.75. The first-order valence-corrected chi connectivity index (χ1v) is 8.76. The number of thiazole rings is 1. The van der Waals surface area contributed by atoms with Crippen LogP contribution in [0.25, 0.3) is 15.3 Å². The Morgan fingerprint density at radius 3 is 2.58 bits per heavy atom. The van der Waals surface area contributed by atoms with Crippen LogP contribution >= 0.6 is 11.3 Å². The van der Waals surface area contributed by atoms with E-state index in [-0.39, 0.29) is 5.91 Å². The van der Waals surface area contributed by atoms with Gasteiger partial charge in [0.25, 0.3) is 5.91 Å². The summed E-state index contributed by atoms with van der Waals surface area (Å²) in [4.78, 5) is 19.0. The summed E-state index contributed by atoms with van der Waals surface area (Å²) in [5.41, 5.74) is 3.92. The van der Waals surface area contributed by atoms with Crippen molar-refractivity contribution in [3.05, 3.63) is 47.3 Å². The number of hydrogen-bond donors (Lipinski definition) is 1. The Hall–Kier alpha value is -2.18. The Bertz CT molecular complexity index is 859. The number of carbonyl (C=O) groups is 1. The summed E-state index contributed by atoms with van der Waals surface area (Å²) in [6, 6.07) is 9.86. The standard InChI is InChI=1S/C18H22N4OS/c1-12-5-6-13(2)22(12)18-20-15-8-7-14(11-16(15)24-18)17(23)19-9-10-21(3)4/h5-8,11H,9-10H2,1-4H3,(H,19,23). The number of nitrogens with one attached hydrogen (secondary N) is 1. The molecule has 0 aliphatic carbocycles. The molecule has 5 nitrogen and oxygen atoms in total. The van der Waals surface area contributed by atoms with Crippen molar-refractivity contribution in [1.29, 1.82) is 0 Å². The van der Waals surface area contributed by atoms with Gasteiger partial charge in [-0.15, -0.1) is 0 Å². The molecule has 24 heavy (non-hydrogen) atoms. The van der Waals surface area contributed by atoms with Crippen LogP contribution in [0.1, 0.15) is 21.7 Å². The number of fused-ring (bicyclic) bond motifs is 1. The summed E-state index contributed by atoms with van der Waals surface area (Å²) < 4.78 is 3.17. The molecule has 0 aliphatic heterocycles. The van der Waals surface area contributed by atoms with Gasteiger partial charge >= 0.3 is 0 Å². The Kier molecular flexibility index (Phi) is 4.69. The molecule has 2 heterocycles. The van der Waals surface area contributed by atoms with Crippen LogP contribution in [0.5, 0.6) is 0 Å². The van der Waals surface area contributed by atoms with Crippen molar-refractivity contribution in [1.82, 2.24) is 19.8 Å². The summed E-state index contributed by atoms with van der Waals surface area (Å²) in [6.07, 6.45) is 0. The van der Waals surface area contributed by atoms with Crippen molar-refractivity contribution in [2.75, 3.05) is 27.2 Å². The minimum atomic E-state index is -0.0398. The van der Waals surface area contributed by atoms with Gasteiger partial charge in [-0.1, -0.05) is 11.3 Å². The van der Waals surface area contributed by atoms with Crippen LogP contribution in [0.3, 0.4) is 0 Å². The molecule has 1 N–H and O–H groups in total. The second-order valence-corrected chi connectivity index (χ2v) is 7.20. The van der Waals surface area contributed by atoms with E-state index in [1.54, 1.807) is 11.3 Å². The van der Waals surface area contributed by atoms with Gasteiger partial charge in [0.1, 0.15) is 0 Å². The van der Waals surface area contributed by atoms with Gasteiger partial charge < -0.3 is 10.2 Å². The molecule has 0 spiro atoms. The number of aryl methyl sites for hydroxylation is 2. The van der Waals surface area contributed by atoms with Crippen molar-refractivity contribution >= 4 is 27.5 Å². The molecule has 126 valence electrons. The average Bonchev–Trinajstić information content (AvgIpc) is 3.08. The number of likely N-dealkylation sites (N-methyl/N-ethyl adjacent to an activating group) is 1. The molecular weight excluding hydrogens is 320 g/mol. The van der Waals surface area contributed by atoms with E-state index in [4.69, 9.17) is 4.98 Å². The van der Waals surface area contributed by atoms with E-state index in [0.717, 1.165) is 33.3 Å². The Labute approximate surface area is 145 Å². The molecule has 2 aromatic heterocycles. The van der Waals surface area contributed by atoms with E-state index < -0.39 is 0 Å². The van der Waals surface area contributed by atoms with Gasteiger partial charge in [-0.05, 0) is 58.3 Å². The van der Waals surface area contributed by atoms with Crippen molar-refractivity contribution in [3.63, 3.8) is 0 Å². The predicted octanol–water partition coefficient (Wildman–Crippen LogP) is 3.00. The van der Waals surface area contributed by atoms with E-state index >= 15 is 0 Å². The van der Waals surface area contributed by atoms with Crippen LogP contribution in [-0.4, -0.2) is 47.5 Å². The first kappa shape index (κ1) is 16.7. The molecule has 0 radical (unpaired) electrons. The lowest BCUT2D eigenvalue weighted by atomic mass is 10.2. The van der Waals surface area contributed by atoms with Gasteiger partial charge in [-0.25, -0.2) is 4.98 Å². The third-order valence-electron chi connectivity index (χ3n) is 3.95. The molecule has 1 aromatic carbocycles. The molecule has 0 saturated heterocycles. The molecule has 0 aliphatic rings. The van der Waals surface area contributed by atoms with Crippen molar-refractivity contribution < 1.29 is 4.79 Å². The molecule has 0 atom stereocenters. The number of benzene rings is 1. The van der Waals surface area contributed by atoms with Gasteiger partial charge in [-0.3, -0.25) is 9.36 Å². The van der Waals surface area contributed by atoms with Gasteiger partial charge in [0.2, 0.25) is 0 Å². The lowest BCUT2D eigenvalue weighted by Gasteiger charge is -2.10. The molecule has 3 aromatic rings. The SMILES string of the molecule is Cc1ccc(C)n1-c1nc2ccc(C(=O)NCCN(C)C)cc2s1. The van der Waals surface area contributed by atoms with Crippen LogP contribution in [0.4, 0.5) is 0 Å². The molecular formula is C18H22N4OS. The summed E-state index contributed by atoms with van der Waals surface area (Å²) in [6.45, 7) is 5.61. The molecule has 0 saturated carbocycles. The minimum Gasteiger partial charge on any atom is -0.351 e. The minimum absolute atomic E-state index is 0.0398. The van der Waals surface area contributed by atoms with E-state index in [2.05, 4.69) is 35.9 Å². The number of carbonyl (C=O) groups excluding carboxylic acids is 1. The fraction of sp³-hybridized carbons (Fsp3) is 0.333. The Balaban J connectivity index is 1.85. The summed E-state index contributed by atoms with van der Waals surface area (Å²) >= 11 is 1.61. The van der Waals surface area contributed by atoms with Crippen LogP contribution in [0.15, 0.2) is 30.3 Å². The van der Waals surface area contributed by atoms with Crippen LogP contribution in [0, 0.1) is 13.8 Å². The van der Waals surface area contributed by atoms with Crippen molar-refractivity contribution in [2.45, 2.75) is 13.8 Å². The maximum Gasteiger partial charge on any atom is 0.251 e. The largest absolute Gasteiger partial charge is 0.351 e. The highest BCUT2D eigenvalue weighted by Crippen LogP contribution is 2.28. The van der Waals surface area contributed by atoms with E-state index in [1.165, 1.54) is 0 Å². The highest BCUT2D eigenvalue weighted by molar-refractivity contribution is 7.20. The highest BCUT2D eigenvalue weighted by Gasteiger charge is 2.12. The maximum atomic E-state index is 12.3. The zero-order chi connectivity index (χ0) is 17.3. The monoisotopic (exact) mass is 342 g/mol. The molecule has 3 rings (SSSR count). The molecule has 0 bridgehead atoms. The normalized spacial score (nSPS) is 11.4. The average molecular weight is 342 g/mol. The van der Waals surface area contributed by atoms with Gasteiger partial charge in [-0.2, -0.15) is 0 Å². The van der Waals surface area contributed by atoms with Crippen LogP contribution in [0.2, 0.25) is 0 Å². The number of nitrogens with zero attached hydrogens (tertiary/aromatic N) is 3. The number of rotatable bonds is 5. The summed E-state index contributed by atoms with van der Waals surface area (Å²) in [5, 5.41) is 3.89. The summed E-state index contributed by atoms with van der Waals surface area (Å²) in [7, 11) is 3.98. The third kappa shape index (κ3) is 3.34. The number of hydrogen-bond acceptors (Lipinski definition) is 4. The lowest BCUT2D eigenvalue weighted by Crippen LogP contribution is -2.31. The first-order chi connectivity index (χ1) is 11.5.